The summed E-state index contributed by atoms with van der Waals surface area (Å²) >= 11 is 0. The largest absolute Gasteiger partial charge is 0.497 e. The molecule has 1 aromatic rings. The summed E-state index contributed by atoms with van der Waals surface area (Å²) in [6.45, 7) is 6.83. The standard InChI is InChI=1S/C15H23NO4/c1-14(2,15(3,4)18)16-13(17)11-8-7-10(19-5)9-12(11)20-6/h7-9,18H,1-6H3,(H,16,17). The number of hydrogen-bond donors (Lipinski definition) is 2. The predicted octanol–water partition coefficient (Wildman–Crippen LogP) is 1.98. The lowest BCUT2D eigenvalue weighted by Gasteiger charge is -2.38. The molecule has 1 rings (SSSR count). The first-order valence-electron chi connectivity index (χ1n) is 6.39. The van der Waals surface area contributed by atoms with Crippen LogP contribution in [0.1, 0.15) is 38.1 Å². The van der Waals surface area contributed by atoms with E-state index in [0.29, 0.717) is 17.1 Å². The Morgan fingerprint density at radius 2 is 1.75 bits per heavy atom. The van der Waals surface area contributed by atoms with Crippen LogP contribution in [0.15, 0.2) is 18.2 Å². The number of carbonyl (C=O) groups excluding carboxylic acids is 1. The molecule has 0 radical (unpaired) electrons. The molecule has 0 heterocycles. The molecule has 2 N–H and O–H groups in total. The molecule has 0 aliphatic carbocycles. The smallest absolute Gasteiger partial charge is 0.255 e. The van der Waals surface area contributed by atoms with Crippen molar-refractivity contribution in [3.05, 3.63) is 23.8 Å². The van der Waals surface area contributed by atoms with E-state index < -0.39 is 11.1 Å². The topological polar surface area (TPSA) is 67.8 Å². The van der Waals surface area contributed by atoms with E-state index in [1.54, 1.807) is 53.0 Å². The summed E-state index contributed by atoms with van der Waals surface area (Å²) in [6.07, 6.45) is 0. The van der Waals surface area contributed by atoms with Gasteiger partial charge in [-0.25, -0.2) is 0 Å². The zero-order valence-corrected chi connectivity index (χ0v) is 12.9. The molecule has 1 aromatic carbocycles. The van der Waals surface area contributed by atoms with Gasteiger partial charge in [0, 0.05) is 6.07 Å². The highest BCUT2D eigenvalue weighted by molar-refractivity contribution is 5.97. The lowest BCUT2D eigenvalue weighted by Crippen LogP contribution is -2.57. The van der Waals surface area contributed by atoms with Crippen molar-refractivity contribution in [3.8, 4) is 11.5 Å². The summed E-state index contributed by atoms with van der Waals surface area (Å²) in [5.41, 5.74) is -1.44. The molecule has 0 atom stereocenters. The van der Waals surface area contributed by atoms with Crippen molar-refractivity contribution in [3.63, 3.8) is 0 Å². The van der Waals surface area contributed by atoms with E-state index in [9.17, 15) is 9.90 Å². The first-order chi connectivity index (χ1) is 9.12. The number of ether oxygens (including phenoxy) is 2. The molecule has 0 saturated carbocycles. The van der Waals surface area contributed by atoms with Crippen molar-refractivity contribution >= 4 is 5.91 Å². The minimum atomic E-state index is -1.05. The van der Waals surface area contributed by atoms with E-state index in [1.807, 2.05) is 0 Å². The first-order valence-corrected chi connectivity index (χ1v) is 6.39. The Labute approximate surface area is 119 Å². The number of benzene rings is 1. The van der Waals surface area contributed by atoms with Gasteiger partial charge in [0.25, 0.3) is 5.91 Å². The first kappa shape index (κ1) is 16.3. The van der Waals surface area contributed by atoms with E-state index in [1.165, 1.54) is 7.11 Å². The Bertz CT molecular complexity index is 489. The van der Waals surface area contributed by atoms with Gasteiger partial charge in [-0.1, -0.05) is 0 Å². The normalized spacial score (nSPS) is 11.9. The average Bonchev–Trinajstić information content (AvgIpc) is 2.35. The highest BCUT2D eigenvalue weighted by Gasteiger charge is 2.36. The van der Waals surface area contributed by atoms with E-state index in [-0.39, 0.29) is 5.91 Å². The van der Waals surface area contributed by atoms with Gasteiger partial charge >= 0.3 is 0 Å². The van der Waals surface area contributed by atoms with Crippen LogP contribution in [0.2, 0.25) is 0 Å². The fraction of sp³-hybridized carbons (Fsp3) is 0.533. The zero-order chi connectivity index (χ0) is 15.6. The maximum Gasteiger partial charge on any atom is 0.255 e. The zero-order valence-electron chi connectivity index (χ0n) is 12.9. The summed E-state index contributed by atoms with van der Waals surface area (Å²) in [5.74, 6) is 0.727. The van der Waals surface area contributed by atoms with Gasteiger partial charge in [-0.05, 0) is 39.8 Å². The molecule has 5 heteroatoms. The van der Waals surface area contributed by atoms with Gasteiger partial charge in [-0.2, -0.15) is 0 Å². The molecule has 0 aromatic heterocycles. The summed E-state index contributed by atoms with van der Waals surface area (Å²) in [4.78, 5) is 12.3. The van der Waals surface area contributed by atoms with Crippen molar-refractivity contribution in [2.75, 3.05) is 14.2 Å². The van der Waals surface area contributed by atoms with Gasteiger partial charge in [-0.15, -0.1) is 0 Å². The SMILES string of the molecule is COc1ccc(C(=O)NC(C)(C)C(C)(C)O)c(OC)c1. The molecule has 0 aliphatic heterocycles. The molecule has 0 aliphatic rings. The fourth-order valence-electron chi connectivity index (χ4n) is 1.49. The van der Waals surface area contributed by atoms with Crippen LogP contribution in [0.4, 0.5) is 0 Å². The van der Waals surface area contributed by atoms with Gasteiger partial charge in [-0.3, -0.25) is 4.79 Å². The van der Waals surface area contributed by atoms with Crippen molar-refractivity contribution in [2.24, 2.45) is 0 Å². The van der Waals surface area contributed by atoms with Crippen LogP contribution in [0.3, 0.4) is 0 Å². The van der Waals surface area contributed by atoms with Crippen LogP contribution in [0.5, 0.6) is 11.5 Å². The predicted molar refractivity (Wildman–Crippen MR) is 77.4 cm³/mol. The van der Waals surface area contributed by atoms with Gasteiger partial charge < -0.3 is 19.9 Å². The van der Waals surface area contributed by atoms with E-state index in [0.717, 1.165) is 0 Å². The number of rotatable bonds is 5. The van der Waals surface area contributed by atoms with Gasteiger partial charge in [0.2, 0.25) is 0 Å². The Hall–Kier alpha value is -1.75. The second kappa shape index (κ2) is 5.71. The van der Waals surface area contributed by atoms with Crippen LogP contribution in [-0.2, 0) is 0 Å². The molecule has 0 unspecified atom stereocenters. The molecule has 0 saturated heterocycles. The van der Waals surface area contributed by atoms with Crippen molar-refractivity contribution in [1.82, 2.24) is 5.32 Å². The van der Waals surface area contributed by atoms with Crippen LogP contribution >= 0.6 is 0 Å². The Morgan fingerprint density at radius 3 is 2.20 bits per heavy atom. The molecule has 1 amide bonds. The van der Waals surface area contributed by atoms with Gasteiger partial charge in [0.05, 0.1) is 30.9 Å². The van der Waals surface area contributed by atoms with Crippen molar-refractivity contribution in [1.29, 1.82) is 0 Å². The quantitative estimate of drug-likeness (QED) is 0.866. The Balaban J connectivity index is 3.04. The Morgan fingerprint density at radius 1 is 1.15 bits per heavy atom. The summed E-state index contributed by atoms with van der Waals surface area (Å²) in [6, 6.07) is 4.97. The van der Waals surface area contributed by atoms with E-state index in [4.69, 9.17) is 9.47 Å². The summed E-state index contributed by atoms with van der Waals surface area (Å²) in [7, 11) is 3.04. The number of amides is 1. The molecule has 0 bridgehead atoms. The van der Waals surface area contributed by atoms with Crippen LogP contribution < -0.4 is 14.8 Å². The number of carbonyl (C=O) groups is 1. The van der Waals surface area contributed by atoms with Crippen LogP contribution in [0.25, 0.3) is 0 Å². The highest BCUT2D eigenvalue weighted by atomic mass is 16.5. The summed E-state index contributed by atoms with van der Waals surface area (Å²) in [5, 5.41) is 12.9. The minimum Gasteiger partial charge on any atom is -0.497 e. The second-order valence-electron chi connectivity index (χ2n) is 5.70. The van der Waals surface area contributed by atoms with Crippen LogP contribution in [0, 0.1) is 0 Å². The number of methoxy groups -OCH3 is 2. The van der Waals surface area contributed by atoms with E-state index >= 15 is 0 Å². The van der Waals surface area contributed by atoms with Crippen molar-refractivity contribution < 1.29 is 19.4 Å². The molecule has 0 fully saturated rings. The number of aliphatic hydroxyl groups is 1. The molecule has 112 valence electrons. The third-order valence-electron chi connectivity index (χ3n) is 3.61. The van der Waals surface area contributed by atoms with Gasteiger partial charge in [0.15, 0.2) is 0 Å². The number of hydrogen-bond acceptors (Lipinski definition) is 4. The Kier molecular flexibility index (Phi) is 4.65. The summed E-state index contributed by atoms with van der Waals surface area (Å²) < 4.78 is 10.3. The molecule has 0 spiro atoms. The van der Waals surface area contributed by atoms with Crippen LogP contribution in [-0.4, -0.2) is 36.4 Å². The molecule has 5 nitrogen and oxygen atoms in total. The monoisotopic (exact) mass is 281 g/mol. The van der Waals surface area contributed by atoms with E-state index in [2.05, 4.69) is 5.32 Å². The molecular formula is C15H23NO4. The second-order valence-corrected chi connectivity index (χ2v) is 5.70. The lowest BCUT2D eigenvalue weighted by atomic mass is 9.85. The third kappa shape index (κ3) is 3.42. The molecular weight excluding hydrogens is 258 g/mol. The lowest BCUT2D eigenvalue weighted by molar-refractivity contribution is -0.00297. The maximum absolute atomic E-state index is 12.3. The minimum absolute atomic E-state index is 0.309. The highest BCUT2D eigenvalue weighted by Crippen LogP contribution is 2.26. The van der Waals surface area contributed by atoms with Gasteiger partial charge in [0.1, 0.15) is 11.5 Å². The third-order valence-corrected chi connectivity index (χ3v) is 3.61. The molecule has 20 heavy (non-hydrogen) atoms. The average molecular weight is 281 g/mol. The number of nitrogens with one attached hydrogen (secondary N) is 1. The van der Waals surface area contributed by atoms with Crippen molar-refractivity contribution in [2.45, 2.75) is 38.8 Å². The fourth-order valence-corrected chi connectivity index (χ4v) is 1.49. The maximum atomic E-state index is 12.3.